The number of aromatic nitrogens is 1. The number of hydrogen-bond acceptors (Lipinski definition) is 6. The van der Waals surface area contributed by atoms with Gasteiger partial charge in [0.1, 0.15) is 5.56 Å². The smallest absolute Gasteiger partial charge is 0.550 e. The van der Waals surface area contributed by atoms with Gasteiger partial charge in [0.15, 0.2) is 5.96 Å². The number of aliphatic hydroxyl groups excluding tert-OH is 1. The first-order chi connectivity index (χ1) is 8.15. The number of carbonyl (C=O) groups excluding carboxylic acids is 1. The molecule has 1 aromatic heterocycles. The second-order valence-corrected chi connectivity index (χ2v) is 3.64. The van der Waals surface area contributed by atoms with Crippen molar-refractivity contribution in [2.75, 3.05) is 18.4 Å². The molecule has 2 heterocycles. The Labute approximate surface area is 97.2 Å². The van der Waals surface area contributed by atoms with Gasteiger partial charge in [-0.2, -0.15) is 0 Å². The van der Waals surface area contributed by atoms with E-state index in [9.17, 15) is 9.90 Å². The molecule has 0 saturated heterocycles. The second kappa shape index (κ2) is 4.79. The van der Waals surface area contributed by atoms with Gasteiger partial charge in [0.05, 0.1) is 24.5 Å². The Hall–Kier alpha value is -2.15. The van der Waals surface area contributed by atoms with Crippen molar-refractivity contribution in [1.82, 2.24) is 10.3 Å². The van der Waals surface area contributed by atoms with Crippen LogP contribution in [0.25, 0.3) is 0 Å². The van der Waals surface area contributed by atoms with Gasteiger partial charge in [-0.25, -0.2) is 0 Å². The molecule has 1 unspecified atom stereocenters. The van der Waals surface area contributed by atoms with Crippen LogP contribution >= 0.6 is 0 Å². The lowest BCUT2D eigenvalue weighted by molar-refractivity contribution is 0.0696. The molecule has 1 aliphatic rings. The molecule has 1 aromatic rings. The first kappa shape index (κ1) is 11.3. The summed E-state index contributed by atoms with van der Waals surface area (Å²) in [5, 5.41) is 22.0. The molecule has 90 valence electrons. The zero-order chi connectivity index (χ0) is 12.3. The number of pyridine rings is 1. The van der Waals surface area contributed by atoms with Gasteiger partial charge in [-0.1, -0.05) is 0 Å². The van der Waals surface area contributed by atoms with E-state index in [0.29, 0.717) is 24.7 Å². The number of nitrogens with zero attached hydrogens (tertiary/aromatic N) is 2. The molecule has 0 spiro atoms. The molecule has 17 heavy (non-hydrogen) atoms. The summed E-state index contributed by atoms with van der Waals surface area (Å²) in [5.74, 6) is -0.262. The molecule has 7 nitrogen and oxygen atoms in total. The molecule has 0 bridgehead atoms. The van der Waals surface area contributed by atoms with Crippen LogP contribution in [0.2, 0.25) is 0 Å². The van der Waals surface area contributed by atoms with E-state index in [2.05, 4.69) is 20.6 Å². The third-order valence-corrected chi connectivity index (χ3v) is 2.23. The highest BCUT2D eigenvalue weighted by Gasteiger charge is 2.14. The van der Waals surface area contributed by atoms with Gasteiger partial charge in [0.25, 0.3) is 0 Å². The van der Waals surface area contributed by atoms with Crippen molar-refractivity contribution < 1.29 is 15.0 Å². The van der Waals surface area contributed by atoms with Crippen molar-refractivity contribution >= 4 is 17.6 Å². The molecule has 0 saturated carbocycles. The molecule has 0 fully saturated rings. The normalized spacial score (nSPS) is 19.1. The van der Waals surface area contributed by atoms with Gasteiger partial charge in [-0.05, 0) is 6.07 Å². The summed E-state index contributed by atoms with van der Waals surface area (Å²) in [4.78, 5) is 18.8. The fraction of sp³-hybridized carbons (Fsp3) is 0.300. The van der Waals surface area contributed by atoms with Gasteiger partial charge in [0.2, 0.25) is 0 Å². The predicted molar refractivity (Wildman–Crippen MR) is 62.1 cm³/mol. The highest BCUT2D eigenvalue weighted by molar-refractivity contribution is 5.95. The zero-order valence-corrected chi connectivity index (χ0v) is 8.97. The number of guanidine groups is 1. The lowest BCUT2D eigenvalue weighted by atomic mass is 10.2. The van der Waals surface area contributed by atoms with Crippen LogP contribution < -0.4 is 10.6 Å². The van der Waals surface area contributed by atoms with Gasteiger partial charge in [-0.3, -0.25) is 9.98 Å². The van der Waals surface area contributed by atoms with Crippen molar-refractivity contribution in [2.45, 2.75) is 6.10 Å². The van der Waals surface area contributed by atoms with E-state index < -0.39 is 12.1 Å². The Morgan fingerprint density at radius 1 is 1.59 bits per heavy atom. The molecule has 0 aromatic carbocycles. The number of anilines is 1. The molecule has 1 aliphatic heterocycles. The van der Waals surface area contributed by atoms with Crippen molar-refractivity contribution in [1.29, 1.82) is 0 Å². The number of aliphatic imine (C=N–C) groups is 1. The quantitative estimate of drug-likeness (QED) is 0.552. The molecule has 1 atom stereocenters. The molecular weight excluding hydrogens is 224 g/mol. The topological polar surface area (TPSA) is 110 Å². The van der Waals surface area contributed by atoms with Crippen molar-refractivity contribution in [3.63, 3.8) is 0 Å². The van der Waals surface area contributed by atoms with Crippen LogP contribution in [0, 0.1) is 0 Å². The number of hydrogen-bond donors (Lipinski definition) is 3. The fourth-order valence-electron chi connectivity index (χ4n) is 1.38. The first-order valence-corrected chi connectivity index (χ1v) is 5.09. The Bertz CT molecular complexity index is 461. The lowest BCUT2D eigenvalue weighted by Crippen LogP contribution is -2.42. The Morgan fingerprint density at radius 3 is 3.06 bits per heavy atom. The van der Waals surface area contributed by atoms with E-state index in [0.717, 1.165) is 0 Å². The van der Waals surface area contributed by atoms with E-state index >= 15 is 0 Å². The standard InChI is InChI=1S/C10H12N4O3/c15-8-4-12-10(13-5-8)14-7-1-6(9(16)17)2-11-3-7/h1-3,8,15H,4-5H2,(H,16,17)(H2,12,13,14)/p+1. The molecular formula is C10H13N4O3+. The highest BCUT2D eigenvalue weighted by Crippen LogP contribution is 2.08. The van der Waals surface area contributed by atoms with Crippen molar-refractivity contribution in [2.24, 2.45) is 4.99 Å². The number of aliphatic hydroxyl groups is 1. The number of carbonyl (C=O) groups is 1. The van der Waals surface area contributed by atoms with Crippen LogP contribution in [0.1, 0.15) is 10.4 Å². The number of rotatable bonds is 2. The largest absolute Gasteiger partial charge is 0.561 e. The molecule has 0 amide bonds. The minimum atomic E-state index is -0.782. The second-order valence-electron chi connectivity index (χ2n) is 3.64. The summed E-state index contributed by atoms with van der Waals surface area (Å²) in [6.07, 6.45) is 2.39. The Kier molecular flexibility index (Phi) is 3.20. The van der Waals surface area contributed by atoms with Crippen LogP contribution in [-0.4, -0.2) is 46.3 Å². The molecule has 5 N–H and O–H groups in total. The van der Waals surface area contributed by atoms with Crippen molar-refractivity contribution in [3.05, 3.63) is 24.0 Å². The first-order valence-electron chi connectivity index (χ1n) is 5.09. The summed E-state index contributed by atoms with van der Waals surface area (Å²) >= 11 is 0. The molecule has 0 radical (unpaired) electrons. The fourth-order valence-corrected chi connectivity index (χ4v) is 1.38. The minimum absolute atomic E-state index is 0.214. The Balaban J connectivity index is 2.08. The van der Waals surface area contributed by atoms with E-state index in [1.54, 1.807) is 0 Å². The summed E-state index contributed by atoms with van der Waals surface area (Å²) in [5.41, 5.74) is 0.789. The van der Waals surface area contributed by atoms with Crippen molar-refractivity contribution in [3.8, 4) is 0 Å². The molecule has 0 aliphatic carbocycles. The zero-order valence-electron chi connectivity index (χ0n) is 8.97. The predicted octanol–water partition coefficient (Wildman–Crippen LogP) is -1.32. The average molecular weight is 237 g/mol. The SMILES string of the molecule is O=C([OH2+])c1cncc(NC2=NCC(O)CN2)c1. The summed E-state index contributed by atoms with van der Waals surface area (Å²) in [7, 11) is 0. The number of β-amino-alcohol motifs (C(OH)–C–C–N with tert-alkyl or cyclic N) is 1. The summed E-state index contributed by atoms with van der Waals surface area (Å²) in [6, 6.07) is 1.53. The summed E-state index contributed by atoms with van der Waals surface area (Å²) in [6.45, 7) is 0.760. The maximum atomic E-state index is 10.9. The Morgan fingerprint density at radius 2 is 2.41 bits per heavy atom. The third kappa shape index (κ3) is 2.91. The van der Waals surface area contributed by atoms with E-state index in [4.69, 9.17) is 5.11 Å². The van der Waals surface area contributed by atoms with Gasteiger partial charge >= 0.3 is 5.97 Å². The van der Waals surface area contributed by atoms with Crippen LogP contribution in [0.15, 0.2) is 23.5 Å². The van der Waals surface area contributed by atoms with Gasteiger partial charge < -0.3 is 20.8 Å². The maximum absolute atomic E-state index is 10.9. The molecule has 7 heteroatoms. The van der Waals surface area contributed by atoms with Crippen LogP contribution in [0.4, 0.5) is 5.69 Å². The molecule has 2 rings (SSSR count). The van der Waals surface area contributed by atoms with E-state index in [1.807, 2.05) is 0 Å². The maximum Gasteiger partial charge on any atom is 0.550 e. The van der Waals surface area contributed by atoms with E-state index in [-0.39, 0.29) is 5.56 Å². The van der Waals surface area contributed by atoms with Gasteiger partial charge in [-0.15, -0.1) is 0 Å². The van der Waals surface area contributed by atoms with Crippen LogP contribution in [0.5, 0.6) is 0 Å². The highest BCUT2D eigenvalue weighted by atomic mass is 16.4. The lowest BCUT2D eigenvalue weighted by Gasteiger charge is -2.19. The van der Waals surface area contributed by atoms with Crippen LogP contribution in [0.3, 0.4) is 0 Å². The third-order valence-electron chi connectivity index (χ3n) is 2.23. The minimum Gasteiger partial charge on any atom is -0.561 e. The average Bonchev–Trinajstić information content (AvgIpc) is 2.32. The monoisotopic (exact) mass is 237 g/mol. The van der Waals surface area contributed by atoms with Gasteiger partial charge in [0, 0.05) is 17.5 Å². The van der Waals surface area contributed by atoms with Crippen LogP contribution in [-0.2, 0) is 0 Å². The number of nitrogens with one attached hydrogen (secondary N) is 2. The van der Waals surface area contributed by atoms with E-state index in [1.165, 1.54) is 18.5 Å². The summed E-state index contributed by atoms with van der Waals surface area (Å²) < 4.78 is 0.